The van der Waals surface area contributed by atoms with Crippen molar-refractivity contribution in [3.05, 3.63) is 34.5 Å². The molecular formula is C15H16BrNO4. The van der Waals surface area contributed by atoms with E-state index in [4.69, 9.17) is 9.52 Å². The van der Waals surface area contributed by atoms with E-state index in [1.165, 1.54) is 0 Å². The lowest BCUT2D eigenvalue weighted by molar-refractivity contribution is -0.137. The Bertz CT molecular complexity index is 665. The third kappa shape index (κ3) is 3.85. The van der Waals surface area contributed by atoms with Gasteiger partial charge in [-0.3, -0.25) is 9.59 Å². The first-order valence-corrected chi connectivity index (χ1v) is 7.51. The Kier molecular flexibility index (Phi) is 5.01. The maximum atomic E-state index is 12.2. The molecule has 112 valence electrons. The summed E-state index contributed by atoms with van der Waals surface area (Å²) in [5, 5.41) is 12.4. The minimum atomic E-state index is -0.930. The normalized spacial score (nSPS) is 12.3. The highest BCUT2D eigenvalue weighted by atomic mass is 79.9. The van der Waals surface area contributed by atoms with Gasteiger partial charge in [-0.1, -0.05) is 25.5 Å². The summed E-state index contributed by atoms with van der Waals surface area (Å²) in [6.45, 7) is 1.94. The van der Waals surface area contributed by atoms with Crippen LogP contribution in [0.15, 0.2) is 33.2 Å². The summed E-state index contributed by atoms with van der Waals surface area (Å²) in [5.41, 5.74) is 0.605. The van der Waals surface area contributed by atoms with Crippen LogP contribution in [0.4, 0.5) is 0 Å². The Labute approximate surface area is 130 Å². The van der Waals surface area contributed by atoms with Gasteiger partial charge >= 0.3 is 5.97 Å². The molecule has 1 amide bonds. The number of fused-ring (bicyclic) bond motifs is 1. The molecule has 0 saturated heterocycles. The lowest BCUT2D eigenvalue weighted by atomic mass is 10.1. The van der Waals surface area contributed by atoms with Crippen LogP contribution in [-0.4, -0.2) is 23.0 Å². The fourth-order valence-corrected chi connectivity index (χ4v) is 2.64. The van der Waals surface area contributed by atoms with E-state index in [1.54, 1.807) is 6.07 Å². The Morgan fingerprint density at radius 1 is 1.43 bits per heavy atom. The van der Waals surface area contributed by atoms with Crippen molar-refractivity contribution in [2.24, 2.45) is 0 Å². The van der Waals surface area contributed by atoms with Gasteiger partial charge in [0.25, 0.3) is 5.91 Å². The minimum absolute atomic E-state index is 0.0937. The molecule has 0 spiro atoms. The van der Waals surface area contributed by atoms with Crippen LogP contribution >= 0.6 is 15.9 Å². The van der Waals surface area contributed by atoms with Crippen LogP contribution in [0.2, 0.25) is 0 Å². The number of halogens is 1. The molecule has 1 heterocycles. The Morgan fingerprint density at radius 3 is 2.81 bits per heavy atom. The van der Waals surface area contributed by atoms with Gasteiger partial charge in [0.2, 0.25) is 0 Å². The predicted molar refractivity (Wildman–Crippen MR) is 82.3 cm³/mol. The zero-order valence-electron chi connectivity index (χ0n) is 11.6. The summed E-state index contributed by atoms with van der Waals surface area (Å²) in [6, 6.07) is 6.79. The molecule has 0 radical (unpaired) electrons. The molecule has 5 nitrogen and oxygen atoms in total. The lowest BCUT2D eigenvalue weighted by Gasteiger charge is -2.14. The highest BCUT2D eigenvalue weighted by Crippen LogP contribution is 2.27. The average molecular weight is 354 g/mol. The number of carbonyl (C=O) groups excluding carboxylic acids is 1. The summed E-state index contributed by atoms with van der Waals surface area (Å²) >= 11 is 3.36. The van der Waals surface area contributed by atoms with E-state index in [2.05, 4.69) is 21.2 Å². The first kappa shape index (κ1) is 15.6. The van der Waals surface area contributed by atoms with Crippen LogP contribution in [0.25, 0.3) is 11.0 Å². The monoisotopic (exact) mass is 353 g/mol. The van der Waals surface area contributed by atoms with Gasteiger partial charge in [-0.15, -0.1) is 0 Å². The Morgan fingerprint density at radius 2 is 2.19 bits per heavy atom. The maximum Gasteiger partial charge on any atom is 0.305 e. The second kappa shape index (κ2) is 6.76. The quantitative estimate of drug-likeness (QED) is 0.831. The molecule has 21 heavy (non-hydrogen) atoms. The molecule has 0 aliphatic rings. The Balaban J connectivity index is 2.17. The van der Waals surface area contributed by atoms with Crippen molar-refractivity contribution >= 4 is 38.8 Å². The van der Waals surface area contributed by atoms with Crippen LogP contribution in [0.3, 0.4) is 0 Å². The number of amides is 1. The topological polar surface area (TPSA) is 79.5 Å². The smallest absolute Gasteiger partial charge is 0.305 e. The van der Waals surface area contributed by atoms with Crippen LogP contribution in [0.5, 0.6) is 0 Å². The zero-order chi connectivity index (χ0) is 15.4. The number of aliphatic carboxylic acids is 1. The van der Waals surface area contributed by atoms with Crippen LogP contribution in [0.1, 0.15) is 36.7 Å². The van der Waals surface area contributed by atoms with Gasteiger partial charge in [-0.25, -0.2) is 0 Å². The second-order valence-corrected chi connectivity index (χ2v) is 5.68. The van der Waals surface area contributed by atoms with Gasteiger partial charge in [0, 0.05) is 11.4 Å². The van der Waals surface area contributed by atoms with Gasteiger partial charge in [0.1, 0.15) is 5.58 Å². The van der Waals surface area contributed by atoms with E-state index in [-0.39, 0.29) is 12.2 Å². The van der Waals surface area contributed by atoms with E-state index < -0.39 is 17.9 Å². The predicted octanol–water partition coefficient (Wildman–Crippen LogP) is 3.57. The van der Waals surface area contributed by atoms with Gasteiger partial charge in [0.15, 0.2) is 5.76 Å². The first-order chi connectivity index (χ1) is 10.0. The van der Waals surface area contributed by atoms with Crippen molar-refractivity contribution in [1.29, 1.82) is 0 Å². The van der Waals surface area contributed by atoms with E-state index in [1.807, 2.05) is 25.1 Å². The standard InChI is InChI=1S/C15H16BrNO4/c1-2-4-10(8-13(18)19)17-15(20)12-7-9-5-3-6-11(16)14(9)21-12/h3,5-7,10H,2,4,8H2,1H3,(H,17,20)(H,18,19). The van der Waals surface area contributed by atoms with Crippen LogP contribution in [0, 0.1) is 0 Å². The first-order valence-electron chi connectivity index (χ1n) is 6.72. The van der Waals surface area contributed by atoms with Crippen LogP contribution < -0.4 is 5.32 Å². The van der Waals surface area contributed by atoms with E-state index in [0.717, 1.165) is 16.3 Å². The number of hydrogen-bond donors (Lipinski definition) is 2. The number of benzene rings is 1. The number of carboxylic acids is 1. The number of hydrogen-bond acceptors (Lipinski definition) is 3. The fourth-order valence-electron chi connectivity index (χ4n) is 2.18. The molecule has 1 unspecified atom stereocenters. The molecule has 1 aromatic heterocycles. The number of carboxylic acid groups (broad SMARTS) is 1. The molecule has 2 N–H and O–H groups in total. The summed E-state index contributed by atoms with van der Waals surface area (Å²) in [7, 11) is 0. The molecule has 0 bridgehead atoms. The van der Waals surface area contributed by atoms with Crippen LogP contribution in [-0.2, 0) is 4.79 Å². The third-order valence-corrected chi connectivity index (χ3v) is 3.74. The van der Waals surface area contributed by atoms with Crippen molar-refractivity contribution in [3.8, 4) is 0 Å². The Hall–Kier alpha value is -1.82. The molecule has 0 aliphatic carbocycles. The number of furan rings is 1. The zero-order valence-corrected chi connectivity index (χ0v) is 13.1. The lowest BCUT2D eigenvalue weighted by Crippen LogP contribution is -2.36. The summed E-state index contributed by atoms with van der Waals surface area (Å²) in [4.78, 5) is 23.0. The van der Waals surface area contributed by atoms with E-state index in [0.29, 0.717) is 12.0 Å². The molecule has 2 rings (SSSR count). The highest BCUT2D eigenvalue weighted by molar-refractivity contribution is 9.10. The van der Waals surface area contributed by atoms with Crippen molar-refractivity contribution < 1.29 is 19.1 Å². The molecule has 1 aromatic carbocycles. The summed E-state index contributed by atoms with van der Waals surface area (Å²) in [6.07, 6.45) is 1.31. The van der Waals surface area contributed by atoms with Crippen molar-refractivity contribution in [2.45, 2.75) is 32.2 Å². The number of nitrogens with one attached hydrogen (secondary N) is 1. The number of para-hydroxylation sites is 1. The van der Waals surface area contributed by atoms with E-state index >= 15 is 0 Å². The summed E-state index contributed by atoms with van der Waals surface area (Å²) in [5.74, 6) is -1.14. The third-order valence-electron chi connectivity index (χ3n) is 3.11. The SMILES string of the molecule is CCCC(CC(=O)O)NC(=O)c1cc2cccc(Br)c2o1. The molecule has 0 fully saturated rings. The van der Waals surface area contributed by atoms with Crippen molar-refractivity contribution in [3.63, 3.8) is 0 Å². The second-order valence-electron chi connectivity index (χ2n) is 4.83. The highest BCUT2D eigenvalue weighted by Gasteiger charge is 2.19. The fraction of sp³-hybridized carbons (Fsp3) is 0.333. The maximum absolute atomic E-state index is 12.2. The van der Waals surface area contributed by atoms with E-state index in [9.17, 15) is 9.59 Å². The molecule has 1 atom stereocenters. The van der Waals surface area contributed by atoms with Gasteiger partial charge in [-0.05, 0) is 34.5 Å². The molecule has 2 aromatic rings. The number of carbonyl (C=O) groups is 2. The van der Waals surface area contributed by atoms with Gasteiger partial charge in [-0.2, -0.15) is 0 Å². The molecule has 0 saturated carbocycles. The summed E-state index contributed by atoms with van der Waals surface area (Å²) < 4.78 is 6.31. The van der Waals surface area contributed by atoms with Gasteiger partial charge in [0.05, 0.1) is 10.9 Å². The minimum Gasteiger partial charge on any atom is -0.481 e. The average Bonchev–Trinajstić information content (AvgIpc) is 2.83. The molecular weight excluding hydrogens is 338 g/mol. The molecule has 6 heteroatoms. The molecule has 0 aliphatic heterocycles. The largest absolute Gasteiger partial charge is 0.481 e. The number of rotatable bonds is 6. The van der Waals surface area contributed by atoms with Gasteiger partial charge < -0.3 is 14.8 Å². The van der Waals surface area contributed by atoms with Crippen molar-refractivity contribution in [2.75, 3.05) is 0 Å². The van der Waals surface area contributed by atoms with Crippen molar-refractivity contribution in [1.82, 2.24) is 5.32 Å².